The van der Waals surface area contributed by atoms with Gasteiger partial charge in [-0.15, -0.1) is 0 Å². The van der Waals surface area contributed by atoms with Gasteiger partial charge < -0.3 is 10.6 Å². The molecule has 1 spiro atoms. The Morgan fingerprint density at radius 1 is 1.28 bits per heavy atom. The molecule has 1 aliphatic carbocycles. The number of nitrogens with one attached hydrogen (secondary N) is 2. The summed E-state index contributed by atoms with van der Waals surface area (Å²) in [6.45, 7) is 4.71. The van der Waals surface area contributed by atoms with Gasteiger partial charge in [0.15, 0.2) is 0 Å². The summed E-state index contributed by atoms with van der Waals surface area (Å²) < 4.78 is 39.0. The number of carbonyl (C=O) groups is 2. The van der Waals surface area contributed by atoms with E-state index in [2.05, 4.69) is 10.6 Å². The Kier molecular flexibility index (Phi) is 6.15. The molecule has 1 heterocycles. The standard InChI is InChI=1S/C20H25ClF3N3O2/c1-19(2,18(23)24)26-16(28)9-27-10-20(11-27)6-12(7-20)8-25-17(29)13-3-14(21)5-15(22)4-13/h3-5,12,18H,6-11H2,1-2H3,(H,25,29)(H,26,28). The Morgan fingerprint density at radius 2 is 1.93 bits per heavy atom. The predicted molar refractivity (Wildman–Crippen MR) is 104 cm³/mol. The molecule has 0 radical (unpaired) electrons. The fourth-order valence-corrected chi connectivity index (χ4v) is 4.48. The lowest BCUT2D eigenvalue weighted by Crippen LogP contribution is -2.65. The van der Waals surface area contributed by atoms with Gasteiger partial charge in [-0.25, -0.2) is 13.2 Å². The maximum absolute atomic E-state index is 13.3. The van der Waals surface area contributed by atoms with Gasteiger partial charge in [-0.2, -0.15) is 0 Å². The van der Waals surface area contributed by atoms with Crippen molar-refractivity contribution in [2.45, 2.75) is 38.7 Å². The molecule has 0 bridgehead atoms. The van der Waals surface area contributed by atoms with Gasteiger partial charge in [0.25, 0.3) is 12.3 Å². The average Bonchev–Trinajstić information content (AvgIpc) is 2.52. The summed E-state index contributed by atoms with van der Waals surface area (Å²) >= 11 is 5.77. The summed E-state index contributed by atoms with van der Waals surface area (Å²) in [5.41, 5.74) is -1.20. The molecule has 0 aromatic heterocycles. The largest absolute Gasteiger partial charge is 0.352 e. The highest BCUT2D eigenvalue weighted by Crippen LogP contribution is 2.51. The van der Waals surface area contributed by atoms with Crippen LogP contribution in [0, 0.1) is 17.2 Å². The van der Waals surface area contributed by atoms with E-state index in [1.807, 2.05) is 4.90 Å². The highest BCUT2D eigenvalue weighted by Gasteiger charge is 2.52. The Morgan fingerprint density at radius 3 is 2.52 bits per heavy atom. The normalized spacial score (nSPS) is 19.0. The maximum atomic E-state index is 13.3. The van der Waals surface area contributed by atoms with Crippen molar-refractivity contribution in [2.24, 2.45) is 11.3 Å². The number of benzene rings is 1. The molecule has 2 fully saturated rings. The third kappa shape index (κ3) is 5.22. The van der Waals surface area contributed by atoms with Gasteiger partial charge in [-0.05, 0) is 56.2 Å². The van der Waals surface area contributed by atoms with Gasteiger partial charge in [-0.1, -0.05) is 11.6 Å². The van der Waals surface area contributed by atoms with Crippen LogP contribution in [0.5, 0.6) is 0 Å². The lowest BCUT2D eigenvalue weighted by molar-refractivity contribution is -0.135. The molecule has 2 aliphatic rings. The fraction of sp³-hybridized carbons (Fsp3) is 0.600. The number of halogens is 4. The van der Waals surface area contributed by atoms with Crippen LogP contribution in [0.4, 0.5) is 13.2 Å². The minimum atomic E-state index is -2.62. The number of amides is 2. The number of nitrogens with zero attached hydrogens (tertiary/aromatic N) is 1. The second kappa shape index (κ2) is 8.14. The molecule has 1 saturated carbocycles. The molecule has 1 aromatic carbocycles. The smallest absolute Gasteiger partial charge is 0.260 e. The Balaban J connectivity index is 1.36. The third-order valence-electron chi connectivity index (χ3n) is 5.61. The number of alkyl halides is 2. The maximum Gasteiger partial charge on any atom is 0.260 e. The number of hydrogen-bond donors (Lipinski definition) is 2. The molecule has 0 atom stereocenters. The second-order valence-electron chi connectivity index (χ2n) is 8.86. The van der Waals surface area contributed by atoms with E-state index in [1.165, 1.54) is 19.9 Å². The number of carbonyl (C=O) groups excluding carboxylic acids is 2. The second-order valence-corrected chi connectivity index (χ2v) is 9.29. The number of rotatable bonds is 7. The zero-order chi connectivity index (χ0) is 21.4. The van der Waals surface area contributed by atoms with Crippen LogP contribution in [-0.4, -0.2) is 54.9 Å². The molecule has 5 nitrogen and oxygen atoms in total. The van der Waals surface area contributed by atoms with Gasteiger partial charge in [0.1, 0.15) is 5.82 Å². The van der Waals surface area contributed by atoms with Crippen LogP contribution in [0.2, 0.25) is 5.02 Å². The topological polar surface area (TPSA) is 61.4 Å². The molecule has 9 heteroatoms. The molecular weight excluding hydrogens is 407 g/mol. The van der Waals surface area contributed by atoms with Crippen molar-refractivity contribution in [3.8, 4) is 0 Å². The predicted octanol–water partition coefficient (Wildman–Crippen LogP) is 3.08. The van der Waals surface area contributed by atoms with Crippen LogP contribution in [0.15, 0.2) is 18.2 Å². The van der Waals surface area contributed by atoms with Crippen LogP contribution in [0.3, 0.4) is 0 Å². The Hall–Kier alpha value is -1.80. The SMILES string of the molecule is CC(C)(NC(=O)CN1CC2(CC(CNC(=O)c3cc(F)cc(Cl)c3)C2)C1)C(F)F. The first-order valence-corrected chi connectivity index (χ1v) is 9.92. The van der Waals surface area contributed by atoms with Crippen LogP contribution in [0.25, 0.3) is 0 Å². The average molecular weight is 432 g/mol. The lowest BCUT2D eigenvalue weighted by Gasteiger charge is -2.59. The summed E-state index contributed by atoms with van der Waals surface area (Å²) in [6, 6.07) is 3.71. The van der Waals surface area contributed by atoms with E-state index in [0.717, 1.165) is 38.1 Å². The fourth-order valence-electron chi connectivity index (χ4n) is 4.26. The van der Waals surface area contributed by atoms with Crippen LogP contribution >= 0.6 is 11.6 Å². The molecule has 2 N–H and O–H groups in total. The quantitative estimate of drug-likeness (QED) is 0.697. The molecule has 0 unspecified atom stereocenters. The number of likely N-dealkylation sites (tertiary alicyclic amines) is 1. The van der Waals surface area contributed by atoms with Crippen LogP contribution in [-0.2, 0) is 4.79 Å². The summed E-state index contributed by atoms with van der Waals surface area (Å²) in [4.78, 5) is 26.0. The lowest BCUT2D eigenvalue weighted by atomic mass is 9.57. The van der Waals surface area contributed by atoms with Gasteiger partial charge >= 0.3 is 0 Å². The summed E-state index contributed by atoms with van der Waals surface area (Å²) in [5, 5.41) is 5.35. The van der Waals surface area contributed by atoms with Crippen molar-refractivity contribution in [3.63, 3.8) is 0 Å². The van der Waals surface area contributed by atoms with Crippen molar-refractivity contribution >= 4 is 23.4 Å². The molecule has 1 aromatic rings. The Labute approximate surface area is 173 Å². The molecule has 29 heavy (non-hydrogen) atoms. The van der Waals surface area contributed by atoms with Crippen LogP contribution in [0.1, 0.15) is 37.0 Å². The highest BCUT2D eigenvalue weighted by atomic mass is 35.5. The van der Waals surface area contributed by atoms with Gasteiger partial charge in [0.2, 0.25) is 5.91 Å². The first-order valence-electron chi connectivity index (χ1n) is 9.54. The first-order chi connectivity index (χ1) is 13.5. The zero-order valence-electron chi connectivity index (χ0n) is 16.4. The molecule has 2 amide bonds. The Bertz CT molecular complexity index is 769. The highest BCUT2D eigenvalue weighted by molar-refractivity contribution is 6.31. The minimum Gasteiger partial charge on any atom is -0.352 e. The van der Waals surface area contributed by atoms with E-state index in [0.29, 0.717) is 12.5 Å². The zero-order valence-corrected chi connectivity index (χ0v) is 17.2. The monoisotopic (exact) mass is 431 g/mol. The van der Waals surface area contributed by atoms with E-state index < -0.39 is 23.7 Å². The van der Waals surface area contributed by atoms with Crippen molar-refractivity contribution in [1.29, 1.82) is 0 Å². The summed E-state index contributed by atoms with van der Waals surface area (Å²) in [5.74, 6) is -0.986. The molecule has 1 saturated heterocycles. The van der Waals surface area contributed by atoms with Crippen LogP contribution < -0.4 is 10.6 Å². The van der Waals surface area contributed by atoms with Crippen molar-refractivity contribution in [1.82, 2.24) is 15.5 Å². The third-order valence-corrected chi connectivity index (χ3v) is 5.83. The summed E-state index contributed by atoms with van der Waals surface area (Å²) in [7, 11) is 0. The molecular formula is C20H25ClF3N3O2. The first kappa shape index (κ1) is 21.9. The van der Waals surface area contributed by atoms with Crippen molar-refractivity contribution in [2.75, 3.05) is 26.2 Å². The summed E-state index contributed by atoms with van der Waals surface area (Å²) in [6.07, 6.45) is -0.768. The van der Waals surface area contributed by atoms with Crippen molar-refractivity contribution < 1.29 is 22.8 Å². The van der Waals surface area contributed by atoms with E-state index in [-0.39, 0.29) is 28.5 Å². The van der Waals surface area contributed by atoms with Gasteiger partial charge in [-0.3, -0.25) is 14.5 Å². The van der Waals surface area contributed by atoms with E-state index >= 15 is 0 Å². The van der Waals surface area contributed by atoms with Gasteiger partial charge in [0, 0.05) is 30.2 Å². The van der Waals surface area contributed by atoms with Gasteiger partial charge in [0.05, 0.1) is 12.1 Å². The minimum absolute atomic E-state index is 0.111. The molecule has 3 rings (SSSR count). The van der Waals surface area contributed by atoms with E-state index in [1.54, 1.807) is 0 Å². The van der Waals surface area contributed by atoms with E-state index in [4.69, 9.17) is 11.6 Å². The molecule has 160 valence electrons. The number of hydrogen-bond acceptors (Lipinski definition) is 3. The van der Waals surface area contributed by atoms with Crippen molar-refractivity contribution in [3.05, 3.63) is 34.6 Å². The molecule has 1 aliphatic heterocycles. The van der Waals surface area contributed by atoms with E-state index in [9.17, 15) is 22.8 Å².